The molecule has 112 valence electrons. The lowest BCUT2D eigenvalue weighted by molar-refractivity contribution is -0.132. The molecule has 1 amide bonds. The highest BCUT2D eigenvalue weighted by atomic mass is 35.5. The number of alkyl halides is 3. The van der Waals surface area contributed by atoms with Gasteiger partial charge in [-0.2, -0.15) is 13.2 Å². The molecular weight excluding hydrogens is 321 g/mol. The summed E-state index contributed by atoms with van der Waals surface area (Å²) in [7, 11) is -4.13. The Labute approximate surface area is 118 Å². The van der Waals surface area contributed by atoms with Gasteiger partial charge in [-0.1, -0.05) is 11.6 Å². The van der Waals surface area contributed by atoms with Gasteiger partial charge in [0.05, 0.1) is 11.4 Å². The van der Waals surface area contributed by atoms with Gasteiger partial charge in [0.2, 0.25) is 10.0 Å². The number of nitrogens with one attached hydrogen (secondary N) is 1. The third-order valence-corrected chi connectivity index (χ3v) is 3.59. The van der Waals surface area contributed by atoms with Crippen LogP contribution in [0.2, 0.25) is 5.02 Å². The van der Waals surface area contributed by atoms with Crippen molar-refractivity contribution in [3.8, 4) is 0 Å². The maximum atomic E-state index is 11.9. The van der Waals surface area contributed by atoms with Gasteiger partial charge in [0.15, 0.2) is 0 Å². The average molecular weight is 331 g/mol. The van der Waals surface area contributed by atoms with E-state index in [1.54, 1.807) is 0 Å². The van der Waals surface area contributed by atoms with Crippen LogP contribution >= 0.6 is 11.6 Å². The van der Waals surface area contributed by atoms with Crippen LogP contribution in [0.15, 0.2) is 23.1 Å². The van der Waals surface area contributed by atoms with E-state index in [-0.39, 0.29) is 10.6 Å². The standard InChI is InChI=1S/C10H10ClF3N2O3S/c11-7-2-1-6(5-8(7)20(15,18)19)9(17)16-4-3-10(12,13)14/h1-2,5H,3-4H2,(H,16,17)(H2,15,18,19). The van der Waals surface area contributed by atoms with Crippen LogP contribution in [0.25, 0.3) is 0 Å². The quantitative estimate of drug-likeness (QED) is 0.880. The molecule has 0 atom stereocenters. The van der Waals surface area contributed by atoms with Crippen LogP contribution in [-0.4, -0.2) is 27.0 Å². The number of hydrogen-bond donors (Lipinski definition) is 2. The minimum atomic E-state index is -4.39. The van der Waals surface area contributed by atoms with Crippen LogP contribution in [0.5, 0.6) is 0 Å². The Morgan fingerprint density at radius 2 is 1.95 bits per heavy atom. The molecule has 3 N–H and O–H groups in total. The van der Waals surface area contributed by atoms with Crippen molar-refractivity contribution in [2.75, 3.05) is 6.54 Å². The van der Waals surface area contributed by atoms with Crippen molar-refractivity contribution < 1.29 is 26.4 Å². The van der Waals surface area contributed by atoms with Gasteiger partial charge in [-0.25, -0.2) is 13.6 Å². The zero-order chi connectivity index (χ0) is 15.6. The van der Waals surface area contributed by atoms with Crippen LogP contribution in [0, 0.1) is 0 Å². The van der Waals surface area contributed by atoms with Gasteiger partial charge < -0.3 is 5.32 Å². The number of halogens is 4. The number of benzene rings is 1. The van der Waals surface area contributed by atoms with Crippen molar-refractivity contribution in [1.29, 1.82) is 0 Å². The molecule has 0 saturated heterocycles. The molecule has 0 heterocycles. The van der Waals surface area contributed by atoms with E-state index in [4.69, 9.17) is 16.7 Å². The summed E-state index contributed by atoms with van der Waals surface area (Å²) in [4.78, 5) is 11.1. The minimum Gasteiger partial charge on any atom is -0.352 e. The number of nitrogens with two attached hydrogens (primary N) is 1. The van der Waals surface area contributed by atoms with Gasteiger partial charge in [0.1, 0.15) is 4.90 Å². The monoisotopic (exact) mass is 330 g/mol. The maximum Gasteiger partial charge on any atom is 0.390 e. The van der Waals surface area contributed by atoms with Crippen LogP contribution in [0.1, 0.15) is 16.8 Å². The number of sulfonamides is 1. The zero-order valence-corrected chi connectivity index (χ0v) is 11.4. The van der Waals surface area contributed by atoms with E-state index >= 15 is 0 Å². The van der Waals surface area contributed by atoms with E-state index in [1.165, 1.54) is 6.07 Å². The lowest BCUT2D eigenvalue weighted by Gasteiger charge is -2.09. The predicted molar refractivity (Wildman–Crippen MR) is 65.8 cm³/mol. The molecular formula is C10H10ClF3N2O3S. The van der Waals surface area contributed by atoms with Crippen molar-refractivity contribution >= 4 is 27.5 Å². The molecule has 0 aromatic heterocycles. The Hall–Kier alpha value is -1.32. The lowest BCUT2D eigenvalue weighted by Crippen LogP contribution is -2.28. The van der Waals surface area contributed by atoms with E-state index in [2.05, 4.69) is 0 Å². The second-order valence-corrected chi connectivity index (χ2v) is 5.75. The maximum absolute atomic E-state index is 11.9. The van der Waals surface area contributed by atoms with E-state index in [9.17, 15) is 26.4 Å². The summed E-state index contributed by atoms with van der Waals surface area (Å²) < 4.78 is 58.1. The third kappa shape index (κ3) is 4.99. The van der Waals surface area contributed by atoms with Crippen LogP contribution < -0.4 is 10.5 Å². The number of rotatable bonds is 4. The molecule has 0 aliphatic heterocycles. The summed E-state index contributed by atoms with van der Waals surface area (Å²) in [6.07, 6.45) is -5.58. The Bertz CT molecular complexity index is 617. The molecule has 20 heavy (non-hydrogen) atoms. The van der Waals surface area contributed by atoms with Crippen LogP contribution in [-0.2, 0) is 10.0 Å². The van der Waals surface area contributed by atoms with Crippen LogP contribution in [0.4, 0.5) is 13.2 Å². The van der Waals surface area contributed by atoms with E-state index in [0.29, 0.717) is 0 Å². The molecule has 5 nitrogen and oxygen atoms in total. The van der Waals surface area contributed by atoms with E-state index < -0.39 is 40.0 Å². The topological polar surface area (TPSA) is 89.3 Å². The molecule has 0 bridgehead atoms. The van der Waals surface area contributed by atoms with Gasteiger partial charge in [-0.3, -0.25) is 4.79 Å². The average Bonchev–Trinajstić information content (AvgIpc) is 2.26. The van der Waals surface area contributed by atoms with Gasteiger partial charge >= 0.3 is 6.18 Å². The molecule has 0 unspecified atom stereocenters. The Morgan fingerprint density at radius 1 is 1.35 bits per heavy atom. The highest BCUT2D eigenvalue weighted by Crippen LogP contribution is 2.22. The molecule has 1 aromatic carbocycles. The summed E-state index contributed by atoms with van der Waals surface area (Å²) in [6.45, 7) is -0.615. The van der Waals surface area contributed by atoms with Crippen molar-refractivity contribution in [3.63, 3.8) is 0 Å². The van der Waals surface area contributed by atoms with Gasteiger partial charge in [-0.15, -0.1) is 0 Å². The fourth-order valence-corrected chi connectivity index (χ4v) is 2.35. The first-order valence-corrected chi connectivity index (χ1v) is 7.10. The molecule has 0 radical (unpaired) electrons. The van der Waals surface area contributed by atoms with Gasteiger partial charge in [0.25, 0.3) is 5.91 Å². The summed E-state index contributed by atoms with van der Waals surface area (Å²) in [5.41, 5.74) is -0.152. The summed E-state index contributed by atoms with van der Waals surface area (Å²) in [5.74, 6) is -0.851. The first kappa shape index (κ1) is 16.7. The molecule has 0 aliphatic rings. The number of primary sulfonamides is 1. The van der Waals surface area contributed by atoms with Crippen molar-refractivity contribution in [3.05, 3.63) is 28.8 Å². The second-order valence-electron chi connectivity index (χ2n) is 3.81. The summed E-state index contributed by atoms with van der Waals surface area (Å²) >= 11 is 5.61. The predicted octanol–water partition coefficient (Wildman–Crippen LogP) is 1.67. The largest absolute Gasteiger partial charge is 0.390 e. The lowest BCUT2D eigenvalue weighted by atomic mass is 10.2. The first-order chi connectivity index (χ1) is 9.00. The fourth-order valence-electron chi connectivity index (χ4n) is 1.28. The molecule has 0 spiro atoms. The van der Waals surface area contributed by atoms with E-state index in [0.717, 1.165) is 12.1 Å². The highest BCUT2D eigenvalue weighted by Gasteiger charge is 2.26. The normalized spacial score (nSPS) is 12.2. The smallest absolute Gasteiger partial charge is 0.352 e. The van der Waals surface area contributed by atoms with Crippen molar-refractivity contribution in [1.82, 2.24) is 5.32 Å². The first-order valence-electron chi connectivity index (χ1n) is 5.18. The molecule has 0 fully saturated rings. The number of amides is 1. The SMILES string of the molecule is NS(=O)(=O)c1cc(C(=O)NCCC(F)(F)F)ccc1Cl. The van der Waals surface area contributed by atoms with Crippen molar-refractivity contribution in [2.45, 2.75) is 17.5 Å². The summed E-state index contributed by atoms with van der Waals surface area (Å²) in [5, 5.41) is 6.73. The number of carbonyl (C=O) groups excluding carboxylic acids is 1. The molecule has 1 aromatic rings. The molecule has 0 aliphatic carbocycles. The fraction of sp³-hybridized carbons (Fsp3) is 0.300. The Morgan fingerprint density at radius 3 is 2.45 bits per heavy atom. The zero-order valence-electron chi connectivity index (χ0n) is 9.87. The molecule has 1 rings (SSSR count). The van der Waals surface area contributed by atoms with Gasteiger partial charge in [0, 0.05) is 12.1 Å². The van der Waals surface area contributed by atoms with Crippen molar-refractivity contribution in [2.24, 2.45) is 5.14 Å². The number of carbonyl (C=O) groups is 1. The Balaban J connectivity index is 2.85. The minimum absolute atomic E-state index is 0.152. The van der Waals surface area contributed by atoms with E-state index in [1.807, 2.05) is 5.32 Å². The second kappa shape index (κ2) is 5.98. The number of hydrogen-bond acceptors (Lipinski definition) is 3. The highest BCUT2D eigenvalue weighted by molar-refractivity contribution is 7.89. The third-order valence-electron chi connectivity index (χ3n) is 2.19. The van der Waals surface area contributed by atoms with Gasteiger partial charge in [-0.05, 0) is 18.2 Å². The summed E-state index contributed by atoms with van der Waals surface area (Å²) in [6, 6.07) is 3.21. The molecule has 0 saturated carbocycles. The van der Waals surface area contributed by atoms with Crippen LogP contribution in [0.3, 0.4) is 0 Å². The molecule has 10 heteroatoms. The Kier molecular flexibility index (Phi) is 5.00.